The lowest BCUT2D eigenvalue weighted by Crippen LogP contribution is -2.19. The van der Waals surface area contributed by atoms with Crippen LogP contribution in [0.25, 0.3) is 17.2 Å². The first-order valence-corrected chi connectivity index (χ1v) is 8.85. The Morgan fingerprint density at radius 2 is 2.08 bits per heavy atom. The summed E-state index contributed by atoms with van der Waals surface area (Å²) in [7, 11) is 1.62. The molecule has 0 aliphatic heterocycles. The van der Waals surface area contributed by atoms with E-state index in [1.54, 1.807) is 13.2 Å². The Hall–Kier alpha value is -3.06. The maximum atomic E-state index is 11.8. The fraction of sp³-hybridized carbons (Fsp3) is 0.105. The third kappa shape index (κ3) is 4.73. The van der Waals surface area contributed by atoms with E-state index in [9.17, 15) is 4.79 Å². The fourth-order valence-electron chi connectivity index (χ4n) is 2.18. The summed E-state index contributed by atoms with van der Waals surface area (Å²) in [5.74, 6) is 0.704. The van der Waals surface area contributed by atoms with Crippen LogP contribution in [0.5, 0.6) is 5.75 Å². The average molecular weight is 367 g/mol. The lowest BCUT2D eigenvalue weighted by molar-refractivity contribution is -0.118. The van der Waals surface area contributed by atoms with Gasteiger partial charge >= 0.3 is 0 Å². The summed E-state index contributed by atoms with van der Waals surface area (Å²) in [6.07, 6.45) is 5.09. The Bertz CT molecular complexity index is 917. The second-order valence-electron chi connectivity index (χ2n) is 5.15. The van der Waals surface area contributed by atoms with Crippen molar-refractivity contribution in [2.45, 2.75) is 5.22 Å². The summed E-state index contributed by atoms with van der Waals surface area (Å²) >= 11 is 1.22. The van der Waals surface area contributed by atoms with Crippen molar-refractivity contribution in [3.63, 3.8) is 0 Å². The van der Waals surface area contributed by atoms with E-state index in [1.807, 2.05) is 54.6 Å². The highest BCUT2D eigenvalue weighted by Gasteiger charge is 2.08. The number of ether oxygens (including phenoxy) is 1. The molecule has 2 aromatic carbocycles. The number of nitrogens with one attached hydrogen (secondary N) is 1. The number of carbonyl (C=O) groups excluding carboxylic acids is 1. The van der Waals surface area contributed by atoms with E-state index >= 15 is 0 Å². The molecule has 0 aliphatic carbocycles. The molecule has 26 heavy (non-hydrogen) atoms. The standard InChI is InChI=1S/C19H17N3O3S/c1-24-16-10-4-2-7-14(16)8-6-12-20-22-18(23)13-26-19-21-15-9-3-5-11-17(15)25-19/h2-12H,13H2,1H3,(H,22,23)/b8-6-,20-12+. The van der Waals surface area contributed by atoms with Crippen LogP contribution in [0.3, 0.4) is 0 Å². The van der Waals surface area contributed by atoms with Crippen molar-refractivity contribution >= 4 is 41.1 Å². The zero-order valence-electron chi connectivity index (χ0n) is 14.1. The topological polar surface area (TPSA) is 76.7 Å². The van der Waals surface area contributed by atoms with Crippen molar-refractivity contribution in [1.82, 2.24) is 10.4 Å². The van der Waals surface area contributed by atoms with E-state index in [0.29, 0.717) is 10.8 Å². The first-order chi connectivity index (χ1) is 12.8. The molecule has 0 atom stereocenters. The molecule has 1 aromatic heterocycles. The van der Waals surface area contributed by atoms with Crippen molar-refractivity contribution in [3.8, 4) is 5.75 Å². The number of benzene rings is 2. The molecule has 0 bridgehead atoms. The highest BCUT2D eigenvalue weighted by molar-refractivity contribution is 7.99. The van der Waals surface area contributed by atoms with E-state index < -0.39 is 0 Å². The summed E-state index contributed by atoms with van der Waals surface area (Å²) in [5, 5.41) is 4.34. The number of thioether (sulfide) groups is 1. The maximum Gasteiger partial charge on any atom is 0.257 e. The first kappa shape index (κ1) is 17.8. The van der Waals surface area contributed by atoms with E-state index in [4.69, 9.17) is 9.15 Å². The summed E-state index contributed by atoms with van der Waals surface area (Å²) in [6, 6.07) is 15.1. The van der Waals surface area contributed by atoms with Gasteiger partial charge in [0.15, 0.2) is 5.58 Å². The Morgan fingerprint density at radius 3 is 2.92 bits per heavy atom. The maximum absolute atomic E-state index is 11.8. The van der Waals surface area contributed by atoms with E-state index in [1.165, 1.54) is 18.0 Å². The van der Waals surface area contributed by atoms with Crippen LogP contribution >= 0.6 is 11.8 Å². The van der Waals surface area contributed by atoms with E-state index in [0.717, 1.165) is 16.8 Å². The predicted molar refractivity (Wildman–Crippen MR) is 103 cm³/mol. The van der Waals surface area contributed by atoms with Crippen LogP contribution in [0.2, 0.25) is 0 Å². The van der Waals surface area contributed by atoms with Crippen LogP contribution in [0.15, 0.2) is 69.3 Å². The average Bonchev–Trinajstić information content (AvgIpc) is 3.09. The highest BCUT2D eigenvalue weighted by atomic mass is 32.2. The van der Waals surface area contributed by atoms with Gasteiger partial charge in [0.2, 0.25) is 0 Å². The monoisotopic (exact) mass is 367 g/mol. The molecule has 7 heteroatoms. The van der Waals surface area contributed by atoms with Crippen molar-refractivity contribution in [2.75, 3.05) is 12.9 Å². The zero-order chi connectivity index (χ0) is 18.2. The van der Waals surface area contributed by atoms with Crippen molar-refractivity contribution < 1.29 is 13.9 Å². The lowest BCUT2D eigenvalue weighted by atomic mass is 10.2. The molecule has 3 aromatic rings. The van der Waals surface area contributed by atoms with Gasteiger partial charge in [0.05, 0.1) is 12.9 Å². The number of oxazole rings is 1. The minimum absolute atomic E-state index is 0.167. The highest BCUT2D eigenvalue weighted by Crippen LogP contribution is 2.22. The van der Waals surface area contributed by atoms with Crippen LogP contribution in [0.1, 0.15) is 5.56 Å². The molecule has 0 saturated heterocycles. The number of rotatable bonds is 7. The number of hydrogen-bond donors (Lipinski definition) is 1. The third-order valence-corrected chi connectivity index (χ3v) is 4.19. The molecule has 0 fully saturated rings. The number of amides is 1. The lowest BCUT2D eigenvalue weighted by Gasteiger charge is -2.02. The third-order valence-electron chi connectivity index (χ3n) is 3.37. The molecule has 1 N–H and O–H groups in total. The fourth-order valence-corrected chi connectivity index (χ4v) is 2.81. The van der Waals surface area contributed by atoms with Gasteiger partial charge < -0.3 is 9.15 Å². The number of fused-ring (bicyclic) bond motifs is 1. The molecular formula is C19H17N3O3S. The molecule has 0 spiro atoms. The smallest absolute Gasteiger partial charge is 0.257 e. The van der Waals surface area contributed by atoms with Gasteiger partial charge in [-0.1, -0.05) is 42.1 Å². The number of carbonyl (C=O) groups is 1. The number of hydrogen-bond acceptors (Lipinski definition) is 6. The number of methoxy groups -OCH3 is 1. The Kier molecular flexibility index (Phi) is 6.05. The molecule has 0 saturated carbocycles. The molecular weight excluding hydrogens is 350 g/mol. The van der Waals surface area contributed by atoms with Crippen LogP contribution in [-0.2, 0) is 4.79 Å². The van der Waals surface area contributed by atoms with Crippen LogP contribution in [0, 0.1) is 0 Å². The summed E-state index contributed by atoms with van der Waals surface area (Å²) in [6.45, 7) is 0. The van der Waals surface area contributed by atoms with Crippen molar-refractivity contribution in [3.05, 3.63) is 60.2 Å². The van der Waals surface area contributed by atoms with Crippen LogP contribution < -0.4 is 10.2 Å². The summed E-state index contributed by atoms with van der Waals surface area (Å²) in [5.41, 5.74) is 4.87. The van der Waals surface area contributed by atoms with Gasteiger partial charge in [-0.3, -0.25) is 4.79 Å². The molecule has 1 amide bonds. The SMILES string of the molecule is COc1ccccc1/C=C\C=N\NC(=O)CSc1nc2ccccc2o1. The number of hydrazone groups is 1. The largest absolute Gasteiger partial charge is 0.496 e. The van der Waals surface area contributed by atoms with Crippen LogP contribution in [0.4, 0.5) is 0 Å². The zero-order valence-corrected chi connectivity index (χ0v) is 14.9. The molecule has 6 nitrogen and oxygen atoms in total. The van der Waals surface area contributed by atoms with Gasteiger partial charge in [0, 0.05) is 11.8 Å². The summed E-state index contributed by atoms with van der Waals surface area (Å²) in [4.78, 5) is 16.1. The number of allylic oxidation sites excluding steroid dienone is 1. The second kappa shape index (κ2) is 8.87. The molecule has 1 heterocycles. The Balaban J connectivity index is 1.46. The number of para-hydroxylation sites is 3. The van der Waals surface area contributed by atoms with Gasteiger partial charge in [0.1, 0.15) is 11.3 Å². The molecule has 0 aliphatic rings. The molecule has 132 valence electrons. The Labute approximate surface area is 154 Å². The van der Waals surface area contributed by atoms with Gasteiger partial charge in [-0.25, -0.2) is 10.4 Å². The number of nitrogens with zero attached hydrogens (tertiary/aromatic N) is 2. The second-order valence-corrected chi connectivity index (χ2v) is 6.08. The van der Waals surface area contributed by atoms with Crippen molar-refractivity contribution in [1.29, 1.82) is 0 Å². The van der Waals surface area contributed by atoms with Gasteiger partial charge in [-0.2, -0.15) is 5.10 Å². The minimum atomic E-state index is -0.237. The normalized spacial score (nSPS) is 11.4. The van der Waals surface area contributed by atoms with Gasteiger partial charge in [0.25, 0.3) is 11.1 Å². The molecule has 3 rings (SSSR count). The summed E-state index contributed by atoms with van der Waals surface area (Å²) < 4.78 is 10.8. The van der Waals surface area contributed by atoms with Gasteiger partial charge in [-0.15, -0.1) is 0 Å². The van der Waals surface area contributed by atoms with Crippen LogP contribution in [-0.4, -0.2) is 30.0 Å². The molecule has 0 radical (unpaired) electrons. The van der Waals surface area contributed by atoms with E-state index in [2.05, 4.69) is 15.5 Å². The van der Waals surface area contributed by atoms with Crippen molar-refractivity contribution in [2.24, 2.45) is 5.10 Å². The van der Waals surface area contributed by atoms with E-state index in [-0.39, 0.29) is 11.7 Å². The molecule has 0 unspecified atom stereocenters. The Morgan fingerprint density at radius 1 is 1.27 bits per heavy atom. The quantitative estimate of drug-likeness (QED) is 0.391. The number of aromatic nitrogens is 1. The first-order valence-electron chi connectivity index (χ1n) is 7.86. The van der Waals surface area contributed by atoms with Gasteiger partial charge in [-0.05, 0) is 30.4 Å². The minimum Gasteiger partial charge on any atom is -0.496 e. The predicted octanol–water partition coefficient (Wildman–Crippen LogP) is 3.74.